The lowest BCUT2D eigenvalue weighted by Crippen LogP contribution is -2.37. The van der Waals surface area contributed by atoms with Crippen molar-refractivity contribution in [2.75, 3.05) is 7.05 Å². The molecule has 0 amide bonds. The van der Waals surface area contributed by atoms with Crippen LogP contribution in [0.1, 0.15) is 36.6 Å². The first-order valence-electron chi connectivity index (χ1n) is 7.55. The van der Waals surface area contributed by atoms with Crippen molar-refractivity contribution in [1.82, 2.24) is 9.88 Å². The van der Waals surface area contributed by atoms with E-state index in [1.165, 1.54) is 16.7 Å². The Morgan fingerprint density at radius 2 is 1.81 bits per heavy atom. The molecule has 0 spiro atoms. The zero-order valence-electron chi connectivity index (χ0n) is 13.2. The monoisotopic (exact) mass is 283 g/mol. The van der Waals surface area contributed by atoms with Gasteiger partial charge in [0.05, 0.1) is 6.04 Å². The molecule has 2 aromatic rings. The summed E-state index contributed by atoms with van der Waals surface area (Å²) in [7, 11) is 2.12. The van der Waals surface area contributed by atoms with E-state index >= 15 is 0 Å². The predicted octanol–water partition coefficient (Wildman–Crippen LogP) is 3.16. The van der Waals surface area contributed by atoms with Crippen LogP contribution in [0.15, 0.2) is 48.8 Å². The van der Waals surface area contributed by atoms with Crippen LogP contribution in [0.4, 0.5) is 0 Å². The molecule has 3 nitrogen and oxygen atoms in total. The van der Waals surface area contributed by atoms with Crippen LogP contribution >= 0.6 is 0 Å². The third kappa shape index (κ3) is 4.13. The molecule has 0 saturated heterocycles. The Morgan fingerprint density at radius 1 is 1.14 bits per heavy atom. The molecule has 2 rings (SSSR count). The first kappa shape index (κ1) is 15.7. The van der Waals surface area contributed by atoms with Gasteiger partial charge < -0.3 is 5.73 Å². The molecule has 112 valence electrons. The van der Waals surface area contributed by atoms with E-state index in [-0.39, 0.29) is 12.1 Å². The number of rotatable bonds is 6. The van der Waals surface area contributed by atoms with Crippen molar-refractivity contribution in [3.63, 3.8) is 0 Å². The Morgan fingerprint density at radius 3 is 2.33 bits per heavy atom. The smallest absolute Gasteiger partial charge is 0.0512 e. The number of pyridine rings is 1. The van der Waals surface area contributed by atoms with Crippen LogP contribution in [0, 0.1) is 0 Å². The van der Waals surface area contributed by atoms with Gasteiger partial charge in [-0.05, 0) is 43.1 Å². The SMILES string of the molecule is CCc1ccc(CN(C)C(c2cccnc2)C(C)N)cc1. The summed E-state index contributed by atoms with van der Waals surface area (Å²) in [5, 5.41) is 0. The molecule has 2 atom stereocenters. The highest BCUT2D eigenvalue weighted by molar-refractivity contribution is 5.23. The number of benzene rings is 1. The van der Waals surface area contributed by atoms with E-state index in [1.807, 2.05) is 19.2 Å². The Kier molecular flexibility index (Phi) is 5.48. The number of likely N-dealkylation sites (N-methyl/N-ethyl adjacent to an activating group) is 1. The maximum Gasteiger partial charge on any atom is 0.0512 e. The van der Waals surface area contributed by atoms with Crippen molar-refractivity contribution in [3.8, 4) is 0 Å². The quantitative estimate of drug-likeness (QED) is 0.885. The molecular weight excluding hydrogens is 258 g/mol. The van der Waals surface area contributed by atoms with Gasteiger partial charge in [-0.3, -0.25) is 9.88 Å². The van der Waals surface area contributed by atoms with Crippen molar-refractivity contribution in [3.05, 3.63) is 65.5 Å². The fourth-order valence-corrected chi connectivity index (χ4v) is 2.78. The molecule has 0 aliphatic heterocycles. The lowest BCUT2D eigenvalue weighted by Gasteiger charge is -2.31. The molecule has 0 aliphatic carbocycles. The fourth-order valence-electron chi connectivity index (χ4n) is 2.78. The van der Waals surface area contributed by atoms with E-state index in [0.717, 1.165) is 13.0 Å². The Labute approximate surface area is 127 Å². The van der Waals surface area contributed by atoms with Gasteiger partial charge >= 0.3 is 0 Å². The molecule has 0 bridgehead atoms. The Balaban J connectivity index is 2.13. The van der Waals surface area contributed by atoms with E-state index in [4.69, 9.17) is 5.73 Å². The van der Waals surface area contributed by atoms with Crippen LogP contribution in [0.25, 0.3) is 0 Å². The number of aryl methyl sites for hydroxylation is 1. The van der Waals surface area contributed by atoms with E-state index in [1.54, 1.807) is 6.20 Å². The average Bonchev–Trinajstić information content (AvgIpc) is 2.49. The number of aromatic nitrogens is 1. The van der Waals surface area contributed by atoms with Crippen LogP contribution in [0.2, 0.25) is 0 Å². The molecule has 1 aromatic carbocycles. The van der Waals surface area contributed by atoms with E-state index < -0.39 is 0 Å². The number of hydrogen-bond acceptors (Lipinski definition) is 3. The average molecular weight is 283 g/mol. The second kappa shape index (κ2) is 7.34. The van der Waals surface area contributed by atoms with Gasteiger partial charge in [0.2, 0.25) is 0 Å². The second-order valence-corrected chi connectivity index (χ2v) is 5.68. The maximum absolute atomic E-state index is 6.20. The summed E-state index contributed by atoms with van der Waals surface area (Å²) in [5.41, 5.74) is 10.0. The first-order chi connectivity index (χ1) is 10.1. The summed E-state index contributed by atoms with van der Waals surface area (Å²) in [6.45, 7) is 5.11. The molecule has 0 fully saturated rings. The topological polar surface area (TPSA) is 42.2 Å². The Hall–Kier alpha value is -1.71. The summed E-state index contributed by atoms with van der Waals surface area (Å²) in [4.78, 5) is 6.51. The molecule has 1 heterocycles. The molecule has 3 heteroatoms. The standard InChI is InChI=1S/C18H25N3/c1-4-15-7-9-16(10-8-15)13-21(3)18(14(2)19)17-6-5-11-20-12-17/h5-12,14,18H,4,13,19H2,1-3H3. The first-order valence-corrected chi connectivity index (χ1v) is 7.55. The van der Waals surface area contributed by atoms with Gasteiger partial charge in [0.15, 0.2) is 0 Å². The zero-order chi connectivity index (χ0) is 15.2. The van der Waals surface area contributed by atoms with Crippen LogP contribution < -0.4 is 5.73 Å². The highest BCUT2D eigenvalue weighted by Crippen LogP contribution is 2.23. The number of hydrogen-bond donors (Lipinski definition) is 1. The minimum absolute atomic E-state index is 0.0501. The van der Waals surface area contributed by atoms with Crippen LogP contribution in [-0.4, -0.2) is 23.0 Å². The molecule has 1 aromatic heterocycles. The highest BCUT2D eigenvalue weighted by Gasteiger charge is 2.21. The minimum Gasteiger partial charge on any atom is -0.326 e. The third-order valence-corrected chi connectivity index (χ3v) is 3.86. The van der Waals surface area contributed by atoms with Gasteiger partial charge in [0, 0.05) is 25.0 Å². The lowest BCUT2D eigenvalue weighted by atomic mass is 10.0. The molecule has 0 radical (unpaired) electrons. The van der Waals surface area contributed by atoms with Crippen molar-refractivity contribution in [2.24, 2.45) is 5.73 Å². The predicted molar refractivity (Wildman–Crippen MR) is 87.9 cm³/mol. The molecule has 21 heavy (non-hydrogen) atoms. The van der Waals surface area contributed by atoms with Crippen molar-refractivity contribution >= 4 is 0 Å². The van der Waals surface area contributed by atoms with Gasteiger partial charge in [-0.2, -0.15) is 0 Å². The summed E-state index contributed by atoms with van der Waals surface area (Å²) >= 11 is 0. The van der Waals surface area contributed by atoms with Gasteiger partial charge in [-0.15, -0.1) is 0 Å². The summed E-state index contributed by atoms with van der Waals surface area (Å²) < 4.78 is 0. The normalized spacial score (nSPS) is 14.1. The highest BCUT2D eigenvalue weighted by atomic mass is 15.1. The second-order valence-electron chi connectivity index (χ2n) is 5.68. The van der Waals surface area contributed by atoms with Gasteiger partial charge in [-0.25, -0.2) is 0 Å². The van der Waals surface area contributed by atoms with Crippen LogP contribution in [-0.2, 0) is 13.0 Å². The van der Waals surface area contributed by atoms with Crippen molar-refractivity contribution in [1.29, 1.82) is 0 Å². The van der Waals surface area contributed by atoms with Gasteiger partial charge in [0.1, 0.15) is 0 Å². The third-order valence-electron chi connectivity index (χ3n) is 3.86. The fraction of sp³-hybridized carbons (Fsp3) is 0.389. The number of nitrogens with zero attached hydrogens (tertiary/aromatic N) is 2. The van der Waals surface area contributed by atoms with E-state index in [9.17, 15) is 0 Å². The number of nitrogens with two attached hydrogens (primary N) is 1. The summed E-state index contributed by atoms with van der Waals surface area (Å²) in [6, 6.07) is 13.1. The molecule has 2 N–H and O–H groups in total. The maximum atomic E-state index is 6.20. The Bertz CT molecular complexity index is 534. The van der Waals surface area contributed by atoms with E-state index in [0.29, 0.717) is 0 Å². The van der Waals surface area contributed by atoms with Gasteiger partial charge in [-0.1, -0.05) is 37.3 Å². The minimum atomic E-state index is 0.0501. The molecule has 0 saturated carbocycles. The molecule has 0 aliphatic rings. The van der Waals surface area contributed by atoms with Crippen LogP contribution in [0.5, 0.6) is 0 Å². The van der Waals surface area contributed by atoms with Crippen molar-refractivity contribution in [2.45, 2.75) is 38.9 Å². The van der Waals surface area contributed by atoms with Gasteiger partial charge in [0.25, 0.3) is 0 Å². The van der Waals surface area contributed by atoms with Crippen LogP contribution in [0.3, 0.4) is 0 Å². The summed E-state index contributed by atoms with van der Waals surface area (Å²) in [5.74, 6) is 0. The lowest BCUT2D eigenvalue weighted by molar-refractivity contribution is 0.210. The molecule has 2 unspecified atom stereocenters. The molecular formula is C18H25N3. The zero-order valence-corrected chi connectivity index (χ0v) is 13.2. The van der Waals surface area contributed by atoms with E-state index in [2.05, 4.69) is 54.2 Å². The summed E-state index contributed by atoms with van der Waals surface area (Å²) in [6.07, 6.45) is 4.78. The largest absolute Gasteiger partial charge is 0.326 e. The van der Waals surface area contributed by atoms with Crippen molar-refractivity contribution < 1.29 is 0 Å².